The Balaban J connectivity index is 2.05. The second-order valence-corrected chi connectivity index (χ2v) is 5.99. The molecule has 0 amide bonds. The summed E-state index contributed by atoms with van der Waals surface area (Å²) in [4.78, 5) is 2.57. The Bertz CT molecular complexity index is 363. The summed E-state index contributed by atoms with van der Waals surface area (Å²) >= 11 is 0. The highest BCUT2D eigenvalue weighted by molar-refractivity contribution is 5.50. The molecule has 0 saturated heterocycles. The molecule has 0 heterocycles. The van der Waals surface area contributed by atoms with Crippen molar-refractivity contribution in [2.24, 2.45) is 11.7 Å². The number of hydrogen-bond donors (Lipinski definition) is 1. The fraction of sp³-hybridized carbons (Fsp3) is 0.625. The number of nitrogens with zero attached hydrogens (tertiary/aromatic N) is 1. The summed E-state index contributed by atoms with van der Waals surface area (Å²) in [5.41, 5.74) is 8.48. The molecule has 1 atom stereocenters. The quantitative estimate of drug-likeness (QED) is 0.829. The van der Waals surface area contributed by atoms with Crippen LogP contribution in [0.1, 0.15) is 51.6 Å². The fourth-order valence-corrected chi connectivity index (χ4v) is 2.28. The van der Waals surface area contributed by atoms with Crippen LogP contribution in [-0.2, 0) is 0 Å². The van der Waals surface area contributed by atoms with E-state index < -0.39 is 0 Å². The van der Waals surface area contributed by atoms with Gasteiger partial charge < -0.3 is 10.6 Å². The van der Waals surface area contributed by atoms with Crippen molar-refractivity contribution in [1.29, 1.82) is 0 Å². The second kappa shape index (κ2) is 5.75. The van der Waals surface area contributed by atoms with Crippen molar-refractivity contribution in [3.05, 3.63) is 29.8 Å². The number of benzene rings is 1. The van der Waals surface area contributed by atoms with E-state index in [1.165, 1.54) is 37.1 Å². The third-order valence-electron chi connectivity index (χ3n) is 3.69. The molecule has 1 aliphatic rings. The monoisotopic (exact) mass is 246 g/mol. The first-order valence-electron chi connectivity index (χ1n) is 7.20. The van der Waals surface area contributed by atoms with E-state index in [9.17, 15) is 0 Å². The van der Waals surface area contributed by atoms with E-state index in [1.54, 1.807) is 0 Å². The largest absolute Gasteiger partial charge is 0.369 e. The summed E-state index contributed by atoms with van der Waals surface area (Å²) in [5, 5.41) is 0. The maximum absolute atomic E-state index is 5.90. The van der Waals surface area contributed by atoms with Crippen molar-refractivity contribution in [2.45, 2.75) is 52.1 Å². The van der Waals surface area contributed by atoms with Crippen molar-refractivity contribution in [3.8, 4) is 0 Å². The molecule has 100 valence electrons. The van der Waals surface area contributed by atoms with Crippen LogP contribution in [0.4, 0.5) is 5.69 Å². The molecule has 0 bridgehead atoms. The highest BCUT2D eigenvalue weighted by Crippen LogP contribution is 2.32. The van der Waals surface area contributed by atoms with E-state index in [2.05, 4.69) is 43.0 Å². The van der Waals surface area contributed by atoms with Crippen LogP contribution in [0, 0.1) is 5.92 Å². The molecule has 1 aromatic rings. The minimum Gasteiger partial charge on any atom is -0.369 e. The number of rotatable bonds is 6. The van der Waals surface area contributed by atoms with Gasteiger partial charge in [0.25, 0.3) is 0 Å². The van der Waals surface area contributed by atoms with Gasteiger partial charge in [-0.25, -0.2) is 0 Å². The third kappa shape index (κ3) is 3.49. The van der Waals surface area contributed by atoms with Crippen LogP contribution in [0.2, 0.25) is 0 Å². The van der Waals surface area contributed by atoms with Gasteiger partial charge in [0.15, 0.2) is 0 Å². The van der Waals surface area contributed by atoms with E-state index in [0.29, 0.717) is 0 Å². The van der Waals surface area contributed by atoms with E-state index in [4.69, 9.17) is 5.73 Å². The predicted octanol–water partition coefficient (Wildman–Crippen LogP) is 3.72. The summed E-state index contributed by atoms with van der Waals surface area (Å²) in [5.74, 6) is 0.773. The molecule has 2 N–H and O–H groups in total. The lowest BCUT2D eigenvalue weighted by Gasteiger charge is -2.26. The van der Waals surface area contributed by atoms with E-state index >= 15 is 0 Å². The van der Waals surface area contributed by atoms with Gasteiger partial charge in [0.1, 0.15) is 0 Å². The van der Waals surface area contributed by atoms with Crippen molar-refractivity contribution in [1.82, 2.24) is 0 Å². The Morgan fingerprint density at radius 2 is 1.78 bits per heavy atom. The number of nitrogens with two attached hydrogens (primary N) is 1. The first-order valence-corrected chi connectivity index (χ1v) is 7.20. The predicted molar refractivity (Wildman–Crippen MR) is 78.9 cm³/mol. The average Bonchev–Trinajstić information content (AvgIpc) is 3.14. The van der Waals surface area contributed by atoms with Crippen LogP contribution < -0.4 is 10.6 Å². The van der Waals surface area contributed by atoms with E-state index in [0.717, 1.165) is 12.0 Å². The second-order valence-electron chi connectivity index (χ2n) is 5.99. The standard InChI is InChI=1S/C16H26N2/c1-12(2)10-11-18(16-8-9-16)15-6-4-14(5-7-15)13(3)17/h4-7,12-13,16H,8-11,17H2,1-3H3/t13-/m0/s1. The van der Waals surface area contributed by atoms with Gasteiger partial charge in [-0.1, -0.05) is 26.0 Å². The molecule has 2 rings (SSSR count). The highest BCUT2D eigenvalue weighted by atomic mass is 15.2. The van der Waals surface area contributed by atoms with Gasteiger partial charge in [-0.2, -0.15) is 0 Å². The van der Waals surface area contributed by atoms with Crippen LogP contribution in [0.5, 0.6) is 0 Å². The molecule has 0 unspecified atom stereocenters. The Labute approximate surface area is 111 Å². The molecule has 18 heavy (non-hydrogen) atoms. The van der Waals surface area contributed by atoms with Crippen LogP contribution in [-0.4, -0.2) is 12.6 Å². The number of anilines is 1. The molecule has 0 radical (unpaired) electrons. The molecule has 1 aromatic carbocycles. The van der Waals surface area contributed by atoms with Gasteiger partial charge in [0, 0.05) is 24.3 Å². The average molecular weight is 246 g/mol. The molecule has 0 aromatic heterocycles. The topological polar surface area (TPSA) is 29.3 Å². The summed E-state index contributed by atoms with van der Waals surface area (Å²) in [7, 11) is 0. The van der Waals surface area contributed by atoms with Crippen LogP contribution in [0.15, 0.2) is 24.3 Å². The highest BCUT2D eigenvalue weighted by Gasteiger charge is 2.28. The SMILES string of the molecule is CC(C)CCN(c1ccc([C@H](C)N)cc1)C1CC1. The van der Waals surface area contributed by atoms with Crippen LogP contribution in [0.3, 0.4) is 0 Å². The number of hydrogen-bond acceptors (Lipinski definition) is 2. The molecular formula is C16H26N2. The van der Waals surface area contributed by atoms with Gasteiger partial charge in [0.05, 0.1) is 0 Å². The zero-order chi connectivity index (χ0) is 13.1. The van der Waals surface area contributed by atoms with E-state index in [-0.39, 0.29) is 6.04 Å². The van der Waals surface area contributed by atoms with Crippen molar-refractivity contribution < 1.29 is 0 Å². The normalized spacial score (nSPS) is 16.9. The van der Waals surface area contributed by atoms with Gasteiger partial charge in [-0.05, 0) is 49.8 Å². The van der Waals surface area contributed by atoms with Crippen molar-refractivity contribution >= 4 is 5.69 Å². The molecule has 2 heteroatoms. The maximum atomic E-state index is 5.90. The van der Waals surface area contributed by atoms with Crippen LogP contribution in [0.25, 0.3) is 0 Å². The fourth-order valence-electron chi connectivity index (χ4n) is 2.28. The summed E-state index contributed by atoms with van der Waals surface area (Å²) in [6, 6.07) is 9.72. The molecule has 0 spiro atoms. The maximum Gasteiger partial charge on any atom is 0.0368 e. The lowest BCUT2D eigenvalue weighted by molar-refractivity contribution is 0.570. The Morgan fingerprint density at radius 3 is 2.22 bits per heavy atom. The Morgan fingerprint density at radius 1 is 1.17 bits per heavy atom. The molecule has 1 aliphatic carbocycles. The van der Waals surface area contributed by atoms with E-state index in [1.807, 2.05) is 6.92 Å². The van der Waals surface area contributed by atoms with Crippen molar-refractivity contribution in [3.63, 3.8) is 0 Å². The zero-order valence-corrected chi connectivity index (χ0v) is 11.9. The first kappa shape index (κ1) is 13.4. The lowest BCUT2D eigenvalue weighted by atomic mass is 10.1. The first-order chi connectivity index (χ1) is 8.58. The molecule has 1 fully saturated rings. The van der Waals surface area contributed by atoms with Crippen molar-refractivity contribution in [2.75, 3.05) is 11.4 Å². The molecule has 2 nitrogen and oxygen atoms in total. The van der Waals surface area contributed by atoms with Crippen LogP contribution >= 0.6 is 0 Å². The Kier molecular flexibility index (Phi) is 4.28. The minimum atomic E-state index is 0.129. The zero-order valence-electron chi connectivity index (χ0n) is 11.9. The Hall–Kier alpha value is -1.02. The van der Waals surface area contributed by atoms with Gasteiger partial charge in [-0.3, -0.25) is 0 Å². The van der Waals surface area contributed by atoms with Gasteiger partial charge in [-0.15, -0.1) is 0 Å². The molecule has 0 aliphatic heterocycles. The smallest absolute Gasteiger partial charge is 0.0368 e. The minimum absolute atomic E-state index is 0.129. The lowest BCUT2D eigenvalue weighted by Crippen LogP contribution is -2.27. The molecular weight excluding hydrogens is 220 g/mol. The third-order valence-corrected chi connectivity index (χ3v) is 3.69. The van der Waals surface area contributed by atoms with Gasteiger partial charge in [0.2, 0.25) is 0 Å². The molecule has 1 saturated carbocycles. The summed E-state index contributed by atoms with van der Waals surface area (Å²) in [6.45, 7) is 7.81. The summed E-state index contributed by atoms with van der Waals surface area (Å²) < 4.78 is 0. The summed E-state index contributed by atoms with van der Waals surface area (Å²) in [6.07, 6.45) is 3.98. The van der Waals surface area contributed by atoms with Gasteiger partial charge >= 0.3 is 0 Å².